The minimum atomic E-state index is 0.166. The number of carbonyl (C=O) groups is 1. The van der Waals surface area contributed by atoms with E-state index in [-0.39, 0.29) is 11.9 Å². The summed E-state index contributed by atoms with van der Waals surface area (Å²) < 4.78 is 2.27. The standard InChI is InChI=1S/C18H31N5O/c1-15(13-18(24)22-10-6-2-3-7-11-22)19-14-17-21-20-16-9-5-4-8-12-23(16)17/h15,19H,2-14H2,1H3. The van der Waals surface area contributed by atoms with Crippen molar-refractivity contribution in [2.24, 2.45) is 0 Å². The van der Waals surface area contributed by atoms with Gasteiger partial charge in [0.1, 0.15) is 11.6 Å². The molecule has 3 heterocycles. The van der Waals surface area contributed by atoms with E-state index in [1.165, 1.54) is 32.1 Å². The molecule has 1 atom stereocenters. The molecular weight excluding hydrogens is 302 g/mol. The van der Waals surface area contributed by atoms with Crippen LogP contribution in [0.15, 0.2) is 0 Å². The number of amides is 1. The Morgan fingerprint density at radius 1 is 1.04 bits per heavy atom. The molecule has 1 unspecified atom stereocenters. The fourth-order valence-corrected chi connectivity index (χ4v) is 3.72. The van der Waals surface area contributed by atoms with Crippen LogP contribution in [0.25, 0.3) is 0 Å². The maximum Gasteiger partial charge on any atom is 0.224 e. The van der Waals surface area contributed by atoms with Crippen LogP contribution in [0.3, 0.4) is 0 Å². The topological polar surface area (TPSA) is 63.1 Å². The van der Waals surface area contributed by atoms with Gasteiger partial charge in [-0.05, 0) is 32.6 Å². The maximum absolute atomic E-state index is 12.5. The van der Waals surface area contributed by atoms with E-state index in [1.807, 2.05) is 4.90 Å². The molecule has 6 heteroatoms. The summed E-state index contributed by atoms with van der Waals surface area (Å²) in [6.07, 6.45) is 10.1. The van der Waals surface area contributed by atoms with Gasteiger partial charge in [0.2, 0.25) is 5.91 Å². The molecule has 2 aliphatic rings. The molecule has 0 radical (unpaired) electrons. The minimum absolute atomic E-state index is 0.166. The van der Waals surface area contributed by atoms with Gasteiger partial charge >= 0.3 is 0 Å². The lowest BCUT2D eigenvalue weighted by atomic mass is 10.2. The van der Waals surface area contributed by atoms with Crippen LogP contribution in [-0.2, 0) is 24.3 Å². The highest BCUT2D eigenvalue weighted by Crippen LogP contribution is 2.15. The van der Waals surface area contributed by atoms with Crippen molar-refractivity contribution in [2.45, 2.75) is 83.8 Å². The predicted octanol–water partition coefficient (Wildman–Crippen LogP) is 2.28. The summed E-state index contributed by atoms with van der Waals surface area (Å²) in [7, 11) is 0. The van der Waals surface area contributed by atoms with Crippen molar-refractivity contribution in [1.29, 1.82) is 0 Å². The SMILES string of the molecule is CC(CC(=O)N1CCCCCC1)NCc1nnc2n1CCCCC2. The van der Waals surface area contributed by atoms with Crippen molar-refractivity contribution in [3.05, 3.63) is 11.6 Å². The highest BCUT2D eigenvalue weighted by atomic mass is 16.2. The summed E-state index contributed by atoms with van der Waals surface area (Å²) in [5.41, 5.74) is 0. The summed E-state index contributed by atoms with van der Waals surface area (Å²) in [6.45, 7) is 5.68. The second-order valence-corrected chi connectivity index (χ2v) is 7.28. The normalized spacial score (nSPS) is 20.1. The number of nitrogens with one attached hydrogen (secondary N) is 1. The first-order valence-corrected chi connectivity index (χ1v) is 9.66. The molecule has 1 saturated heterocycles. The summed E-state index contributed by atoms with van der Waals surface area (Å²) in [6, 6.07) is 0.166. The van der Waals surface area contributed by atoms with Crippen LogP contribution < -0.4 is 5.32 Å². The molecule has 0 aliphatic carbocycles. The lowest BCUT2D eigenvalue weighted by molar-refractivity contribution is -0.131. The number of aromatic nitrogens is 3. The molecule has 3 rings (SSSR count). The Morgan fingerprint density at radius 2 is 1.75 bits per heavy atom. The Balaban J connectivity index is 1.48. The zero-order chi connectivity index (χ0) is 16.8. The van der Waals surface area contributed by atoms with Crippen LogP contribution in [0.5, 0.6) is 0 Å². The third-order valence-corrected chi connectivity index (χ3v) is 5.23. The zero-order valence-corrected chi connectivity index (χ0v) is 15.0. The Bertz CT molecular complexity index is 534. The molecule has 6 nitrogen and oxygen atoms in total. The summed E-state index contributed by atoms with van der Waals surface area (Å²) >= 11 is 0. The average molecular weight is 333 g/mol. The van der Waals surface area contributed by atoms with E-state index >= 15 is 0 Å². The lowest BCUT2D eigenvalue weighted by Gasteiger charge is -2.22. The average Bonchev–Trinajstić information content (AvgIpc) is 2.81. The van der Waals surface area contributed by atoms with Gasteiger partial charge in [0.25, 0.3) is 0 Å². The quantitative estimate of drug-likeness (QED) is 0.898. The first-order valence-electron chi connectivity index (χ1n) is 9.66. The van der Waals surface area contributed by atoms with Crippen molar-refractivity contribution in [1.82, 2.24) is 25.0 Å². The molecule has 0 spiro atoms. The number of hydrogen-bond acceptors (Lipinski definition) is 4. The van der Waals surface area contributed by atoms with Gasteiger partial charge in [0.05, 0.1) is 6.54 Å². The first kappa shape index (κ1) is 17.4. The largest absolute Gasteiger partial charge is 0.343 e. The van der Waals surface area contributed by atoms with Crippen LogP contribution in [0, 0.1) is 0 Å². The van der Waals surface area contributed by atoms with Crippen LogP contribution >= 0.6 is 0 Å². The summed E-state index contributed by atoms with van der Waals surface area (Å²) in [5, 5.41) is 12.2. The number of nitrogens with zero attached hydrogens (tertiary/aromatic N) is 4. The number of fused-ring (bicyclic) bond motifs is 1. The van der Waals surface area contributed by atoms with Crippen molar-refractivity contribution in [3.8, 4) is 0 Å². The monoisotopic (exact) mass is 333 g/mol. The van der Waals surface area contributed by atoms with Gasteiger partial charge in [0, 0.05) is 38.5 Å². The van der Waals surface area contributed by atoms with Crippen molar-refractivity contribution < 1.29 is 4.79 Å². The molecule has 0 bridgehead atoms. The van der Waals surface area contributed by atoms with E-state index in [0.717, 1.165) is 50.5 Å². The Labute approximate surface area is 145 Å². The van der Waals surface area contributed by atoms with E-state index in [9.17, 15) is 4.79 Å². The van der Waals surface area contributed by atoms with Gasteiger partial charge in [0.15, 0.2) is 0 Å². The zero-order valence-electron chi connectivity index (χ0n) is 15.0. The van der Waals surface area contributed by atoms with Crippen LogP contribution in [0.2, 0.25) is 0 Å². The molecule has 1 amide bonds. The molecular formula is C18H31N5O. The summed E-state index contributed by atoms with van der Waals surface area (Å²) in [4.78, 5) is 14.5. The second kappa shape index (κ2) is 8.60. The molecule has 0 saturated carbocycles. The second-order valence-electron chi connectivity index (χ2n) is 7.28. The van der Waals surface area contributed by atoms with Gasteiger partial charge in [-0.15, -0.1) is 10.2 Å². The Hall–Kier alpha value is -1.43. The van der Waals surface area contributed by atoms with Crippen LogP contribution in [-0.4, -0.2) is 44.7 Å². The number of hydrogen-bond donors (Lipinski definition) is 1. The molecule has 1 aromatic heterocycles. The van der Waals surface area contributed by atoms with Gasteiger partial charge < -0.3 is 14.8 Å². The maximum atomic E-state index is 12.5. The number of carbonyl (C=O) groups excluding carboxylic acids is 1. The van der Waals surface area contributed by atoms with Crippen molar-refractivity contribution in [3.63, 3.8) is 0 Å². The van der Waals surface area contributed by atoms with Crippen molar-refractivity contribution >= 4 is 5.91 Å². The number of rotatable bonds is 5. The number of aryl methyl sites for hydroxylation is 1. The molecule has 1 aromatic rings. The third-order valence-electron chi connectivity index (χ3n) is 5.23. The van der Waals surface area contributed by atoms with Gasteiger partial charge in [-0.3, -0.25) is 4.79 Å². The third kappa shape index (κ3) is 4.56. The first-order chi connectivity index (χ1) is 11.7. The predicted molar refractivity (Wildman–Crippen MR) is 93.5 cm³/mol. The number of likely N-dealkylation sites (tertiary alicyclic amines) is 1. The Kier molecular flexibility index (Phi) is 6.24. The van der Waals surface area contributed by atoms with Gasteiger partial charge in [-0.2, -0.15) is 0 Å². The minimum Gasteiger partial charge on any atom is -0.343 e. The van der Waals surface area contributed by atoms with Crippen LogP contribution in [0.1, 0.15) is 69.9 Å². The molecule has 0 aromatic carbocycles. The molecule has 24 heavy (non-hydrogen) atoms. The smallest absolute Gasteiger partial charge is 0.224 e. The fourth-order valence-electron chi connectivity index (χ4n) is 3.72. The van der Waals surface area contributed by atoms with Gasteiger partial charge in [-0.25, -0.2) is 0 Å². The molecule has 1 N–H and O–H groups in total. The van der Waals surface area contributed by atoms with Crippen molar-refractivity contribution in [2.75, 3.05) is 13.1 Å². The molecule has 134 valence electrons. The lowest BCUT2D eigenvalue weighted by Crippen LogP contribution is -2.37. The fraction of sp³-hybridized carbons (Fsp3) is 0.833. The molecule has 1 fully saturated rings. The van der Waals surface area contributed by atoms with E-state index in [2.05, 4.69) is 27.0 Å². The summed E-state index contributed by atoms with van der Waals surface area (Å²) in [5.74, 6) is 2.43. The van der Waals surface area contributed by atoms with E-state index in [4.69, 9.17) is 0 Å². The highest BCUT2D eigenvalue weighted by molar-refractivity contribution is 5.76. The van der Waals surface area contributed by atoms with E-state index in [0.29, 0.717) is 13.0 Å². The highest BCUT2D eigenvalue weighted by Gasteiger charge is 2.19. The Morgan fingerprint density at radius 3 is 2.54 bits per heavy atom. The molecule has 2 aliphatic heterocycles. The van der Waals surface area contributed by atoms with E-state index in [1.54, 1.807) is 0 Å². The van der Waals surface area contributed by atoms with Crippen LogP contribution in [0.4, 0.5) is 0 Å². The van der Waals surface area contributed by atoms with E-state index < -0.39 is 0 Å². The van der Waals surface area contributed by atoms with Gasteiger partial charge in [-0.1, -0.05) is 19.3 Å².